The largest absolute Gasteiger partial charge is 0.447 e. The third-order valence-corrected chi connectivity index (χ3v) is 4.03. The van der Waals surface area contributed by atoms with Crippen molar-refractivity contribution in [3.8, 4) is 0 Å². The van der Waals surface area contributed by atoms with E-state index in [4.69, 9.17) is 9.47 Å². The molecule has 0 bridgehead atoms. The summed E-state index contributed by atoms with van der Waals surface area (Å²) in [6, 6.07) is 9.36. The summed E-state index contributed by atoms with van der Waals surface area (Å²) in [5.74, 6) is 0. The second-order valence-electron chi connectivity index (χ2n) is 6.09. The van der Waals surface area contributed by atoms with E-state index in [1.807, 2.05) is 37.3 Å². The Hall–Kier alpha value is -3.46. The Morgan fingerprint density at radius 3 is 1.96 bits per heavy atom. The first kappa shape index (κ1) is 19.3. The Labute approximate surface area is 161 Å². The molecule has 2 aromatic heterocycles. The number of ether oxygens (including phenoxy) is 2. The van der Waals surface area contributed by atoms with E-state index in [-0.39, 0.29) is 19.3 Å². The molecule has 0 amide bonds. The zero-order valence-corrected chi connectivity index (χ0v) is 15.3. The van der Waals surface area contributed by atoms with Crippen LogP contribution in [0.2, 0.25) is 0 Å². The quantitative estimate of drug-likeness (QED) is 0.669. The van der Waals surface area contributed by atoms with Gasteiger partial charge in [-0.05, 0) is 12.5 Å². The number of benzene rings is 1. The van der Waals surface area contributed by atoms with Gasteiger partial charge in [0.25, 0.3) is 0 Å². The van der Waals surface area contributed by atoms with E-state index in [1.165, 1.54) is 46.6 Å². The van der Waals surface area contributed by atoms with Crippen molar-refractivity contribution < 1.29 is 19.1 Å². The average Bonchev–Trinajstić information content (AvgIpc) is 3.44. The molecule has 0 fully saturated rings. The van der Waals surface area contributed by atoms with Crippen LogP contribution in [0.25, 0.3) is 0 Å². The van der Waals surface area contributed by atoms with Gasteiger partial charge in [-0.2, -0.15) is 0 Å². The van der Waals surface area contributed by atoms with Crippen LogP contribution in [0.3, 0.4) is 0 Å². The number of aromatic nitrogens is 4. The number of imidazole rings is 2. The molecule has 1 atom stereocenters. The number of nitrogens with one attached hydrogen (secondary N) is 1. The van der Waals surface area contributed by atoms with Crippen molar-refractivity contribution in [2.24, 2.45) is 0 Å². The molecule has 0 spiro atoms. The Bertz CT molecular complexity index is 815. The lowest BCUT2D eigenvalue weighted by molar-refractivity contribution is 0.0960. The second-order valence-corrected chi connectivity index (χ2v) is 6.09. The predicted molar refractivity (Wildman–Crippen MR) is 99.7 cm³/mol. The van der Waals surface area contributed by atoms with Gasteiger partial charge < -0.3 is 14.8 Å². The lowest BCUT2D eigenvalue weighted by Crippen LogP contribution is -2.41. The zero-order valence-electron chi connectivity index (χ0n) is 15.3. The number of carbonyl (C=O) groups excluding carboxylic acids is 2. The number of hydrogen-bond acceptors (Lipinski definition) is 7. The normalized spacial score (nSPS) is 11.9. The van der Waals surface area contributed by atoms with Crippen LogP contribution in [0.5, 0.6) is 0 Å². The zero-order chi connectivity index (χ0) is 19.8. The molecule has 1 N–H and O–H groups in total. The molecule has 9 heteroatoms. The van der Waals surface area contributed by atoms with Gasteiger partial charge in [-0.1, -0.05) is 30.3 Å². The highest BCUT2D eigenvalue weighted by atomic mass is 16.6. The minimum Gasteiger partial charge on any atom is -0.447 e. The summed E-state index contributed by atoms with van der Waals surface area (Å²) in [5.41, 5.74) is 1.06. The highest BCUT2D eigenvalue weighted by molar-refractivity contribution is 5.70. The number of rotatable bonds is 7. The van der Waals surface area contributed by atoms with Gasteiger partial charge in [-0.3, -0.25) is 0 Å². The maximum Gasteiger partial charge on any atom is 0.419 e. The van der Waals surface area contributed by atoms with Gasteiger partial charge in [0, 0.05) is 30.8 Å². The van der Waals surface area contributed by atoms with Crippen molar-refractivity contribution in [3.63, 3.8) is 0 Å². The maximum atomic E-state index is 12.0. The summed E-state index contributed by atoms with van der Waals surface area (Å²) in [5, 5.41) is 3.33. The molecule has 2 heterocycles. The van der Waals surface area contributed by atoms with Crippen LogP contribution in [-0.2, 0) is 9.47 Å². The summed E-state index contributed by atoms with van der Waals surface area (Å²) >= 11 is 0. The number of nitrogens with zero attached hydrogens (tertiary/aromatic N) is 4. The summed E-state index contributed by atoms with van der Waals surface area (Å²) in [6.07, 6.45) is 7.57. The number of hydrogen-bond donors (Lipinski definition) is 1. The fraction of sp³-hybridized carbons (Fsp3) is 0.263. The fourth-order valence-electron chi connectivity index (χ4n) is 2.56. The van der Waals surface area contributed by atoms with Crippen LogP contribution in [-0.4, -0.2) is 50.5 Å². The van der Waals surface area contributed by atoms with Gasteiger partial charge in [-0.15, -0.1) is 0 Å². The van der Waals surface area contributed by atoms with E-state index in [9.17, 15) is 9.59 Å². The van der Waals surface area contributed by atoms with Crippen molar-refractivity contribution in [3.05, 3.63) is 73.3 Å². The highest BCUT2D eigenvalue weighted by Crippen LogP contribution is 2.12. The molecule has 9 nitrogen and oxygen atoms in total. The third-order valence-electron chi connectivity index (χ3n) is 4.03. The summed E-state index contributed by atoms with van der Waals surface area (Å²) in [4.78, 5) is 31.7. The van der Waals surface area contributed by atoms with Crippen molar-refractivity contribution in [2.45, 2.75) is 19.0 Å². The highest BCUT2D eigenvalue weighted by Gasteiger charge is 2.19. The van der Waals surface area contributed by atoms with Crippen LogP contribution in [0.4, 0.5) is 9.59 Å². The van der Waals surface area contributed by atoms with Crippen molar-refractivity contribution in [2.75, 3.05) is 13.2 Å². The first-order valence-corrected chi connectivity index (χ1v) is 8.74. The SMILES string of the molecule is C[C@@H](NC(COC(=O)n1ccnc1)COC(=O)n1ccnc1)c1ccccc1. The van der Waals surface area contributed by atoms with Gasteiger partial charge >= 0.3 is 12.2 Å². The summed E-state index contributed by atoms with van der Waals surface area (Å²) in [6.45, 7) is 2.02. The first-order chi connectivity index (χ1) is 13.6. The van der Waals surface area contributed by atoms with Crippen molar-refractivity contribution in [1.29, 1.82) is 0 Å². The molecule has 0 aliphatic carbocycles. The van der Waals surface area contributed by atoms with Gasteiger partial charge in [0.05, 0.1) is 6.04 Å². The van der Waals surface area contributed by atoms with Gasteiger partial charge in [0.2, 0.25) is 0 Å². The molecule has 0 aliphatic rings. The molecule has 0 saturated heterocycles. The van der Waals surface area contributed by atoms with Crippen LogP contribution < -0.4 is 5.32 Å². The summed E-state index contributed by atoms with van der Waals surface area (Å²) in [7, 11) is 0. The molecular formula is C19H21N5O4. The lowest BCUT2D eigenvalue weighted by atomic mass is 10.1. The Morgan fingerprint density at radius 1 is 0.964 bits per heavy atom. The Balaban J connectivity index is 1.60. The standard InChI is InChI=1S/C19H21N5O4/c1-15(16-5-3-2-4-6-16)22-17(11-27-18(25)23-9-7-20-13-23)12-28-19(26)24-10-8-21-14-24/h2-10,13-15,17,22H,11-12H2,1H3/t15-/m1/s1. The molecule has 0 saturated carbocycles. The fourth-order valence-corrected chi connectivity index (χ4v) is 2.56. The van der Waals surface area contributed by atoms with E-state index in [2.05, 4.69) is 15.3 Å². The Kier molecular flexibility index (Phi) is 6.53. The molecule has 0 unspecified atom stereocenters. The van der Waals surface area contributed by atoms with Gasteiger partial charge in [0.1, 0.15) is 25.9 Å². The monoisotopic (exact) mass is 383 g/mol. The van der Waals surface area contributed by atoms with E-state index in [0.717, 1.165) is 5.56 Å². The second kappa shape index (κ2) is 9.47. The minimum atomic E-state index is -0.558. The van der Waals surface area contributed by atoms with Crippen LogP contribution in [0.1, 0.15) is 18.5 Å². The van der Waals surface area contributed by atoms with Crippen LogP contribution >= 0.6 is 0 Å². The van der Waals surface area contributed by atoms with Gasteiger partial charge in [-0.25, -0.2) is 28.7 Å². The van der Waals surface area contributed by atoms with E-state index in [0.29, 0.717) is 0 Å². The molecule has 0 aliphatic heterocycles. The van der Waals surface area contributed by atoms with E-state index in [1.54, 1.807) is 0 Å². The average molecular weight is 383 g/mol. The molecule has 3 rings (SSSR count). The van der Waals surface area contributed by atoms with Gasteiger partial charge in [0.15, 0.2) is 0 Å². The van der Waals surface area contributed by atoms with E-state index >= 15 is 0 Å². The molecule has 0 radical (unpaired) electrons. The summed E-state index contributed by atoms with van der Waals surface area (Å²) < 4.78 is 13.1. The predicted octanol–water partition coefficient (Wildman–Crippen LogP) is 2.47. The van der Waals surface area contributed by atoms with Crippen LogP contribution in [0, 0.1) is 0 Å². The van der Waals surface area contributed by atoms with Crippen molar-refractivity contribution >= 4 is 12.2 Å². The first-order valence-electron chi connectivity index (χ1n) is 8.74. The number of carbonyl (C=O) groups is 2. The Morgan fingerprint density at radius 2 is 1.50 bits per heavy atom. The topological polar surface area (TPSA) is 100 Å². The maximum absolute atomic E-state index is 12.0. The minimum absolute atomic E-state index is 0.0192. The molecule has 1 aromatic carbocycles. The third kappa shape index (κ3) is 5.27. The molecular weight excluding hydrogens is 362 g/mol. The van der Waals surface area contributed by atoms with E-state index < -0.39 is 18.2 Å². The smallest absolute Gasteiger partial charge is 0.419 e. The lowest BCUT2D eigenvalue weighted by Gasteiger charge is -2.23. The molecule has 146 valence electrons. The molecule has 28 heavy (non-hydrogen) atoms. The van der Waals surface area contributed by atoms with Crippen LogP contribution in [0.15, 0.2) is 67.8 Å². The van der Waals surface area contributed by atoms with Crippen molar-refractivity contribution in [1.82, 2.24) is 24.4 Å². The molecule has 3 aromatic rings.